The Labute approximate surface area is 126 Å². The minimum Gasteiger partial charge on any atom is -0.396 e. The Morgan fingerprint density at radius 3 is 2.48 bits per heavy atom. The number of hydrogen-bond acceptors (Lipinski definition) is 4. The first kappa shape index (κ1) is 16.0. The summed E-state index contributed by atoms with van der Waals surface area (Å²) in [6.07, 6.45) is 4.16. The molecule has 1 saturated carbocycles. The summed E-state index contributed by atoms with van der Waals surface area (Å²) in [7, 11) is 0. The molecular weight excluding hydrogens is 264 g/mol. The summed E-state index contributed by atoms with van der Waals surface area (Å²) in [5.74, 6) is 0.912. The van der Waals surface area contributed by atoms with E-state index < -0.39 is 6.10 Å². The maximum absolute atomic E-state index is 10.1. The SMILES string of the molecule is N#Cc1ccc(C(O)CNCC2CCCCC2CO)cc1. The highest BCUT2D eigenvalue weighted by molar-refractivity contribution is 5.32. The molecule has 3 atom stereocenters. The van der Waals surface area contributed by atoms with Crippen molar-refractivity contribution in [3.8, 4) is 6.07 Å². The van der Waals surface area contributed by atoms with E-state index in [2.05, 4.69) is 11.4 Å². The molecule has 0 aliphatic heterocycles. The molecular formula is C17H24N2O2. The molecule has 0 amide bonds. The van der Waals surface area contributed by atoms with Gasteiger partial charge in [-0.3, -0.25) is 0 Å². The van der Waals surface area contributed by atoms with Gasteiger partial charge >= 0.3 is 0 Å². The van der Waals surface area contributed by atoms with Gasteiger partial charge in [0, 0.05) is 13.2 Å². The van der Waals surface area contributed by atoms with Gasteiger partial charge in [-0.2, -0.15) is 5.26 Å². The zero-order valence-electron chi connectivity index (χ0n) is 12.3. The van der Waals surface area contributed by atoms with E-state index in [1.807, 2.05) is 0 Å². The van der Waals surface area contributed by atoms with Gasteiger partial charge in [-0.1, -0.05) is 25.0 Å². The lowest BCUT2D eigenvalue weighted by Gasteiger charge is -2.30. The fraction of sp³-hybridized carbons (Fsp3) is 0.588. The minimum absolute atomic E-state index is 0.268. The van der Waals surface area contributed by atoms with Crippen molar-refractivity contribution in [2.75, 3.05) is 19.7 Å². The second-order valence-corrected chi connectivity index (χ2v) is 5.90. The van der Waals surface area contributed by atoms with E-state index in [1.54, 1.807) is 24.3 Å². The molecule has 1 aliphatic rings. The molecule has 0 bridgehead atoms. The molecule has 1 aromatic rings. The highest BCUT2D eigenvalue weighted by Crippen LogP contribution is 2.29. The maximum Gasteiger partial charge on any atom is 0.0991 e. The van der Waals surface area contributed by atoms with E-state index in [9.17, 15) is 10.2 Å². The van der Waals surface area contributed by atoms with Gasteiger partial charge in [0.2, 0.25) is 0 Å². The van der Waals surface area contributed by atoms with E-state index in [0.29, 0.717) is 23.9 Å². The van der Waals surface area contributed by atoms with Crippen LogP contribution in [0.5, 0.6) is 0 Å². The number of aliphatic hydroxyl groups is 2. The fourth-order valence-corrected chi connectivity index (χ4v) is 3.10. The first-order valence-electron chi connectivity index (χ1n) is 7.74. The van der Waals surface area contributed by atoms with Crippen LogP contribution in [0.4, 0.5) is 0 Å². The summed E-state index contributed by atoms with van der Waals surface area (Å²) in [5.41, 5.74) is 1.43. The molecule has 114 valence electrons. The third kappa shape index (κ3) is 4.53. The van der Waals surface area contributed by atoms with Crippen molar-refractivity contribution in [1.82, 2.24) is 5.32 Å². The molecule has 0 radical (unpaired) electrons. The Balaban J connectivity index is 1.78. The molecule has 0 spiro atoms. The van der Waals surface area contributed by atoms with Crippen molar-refractivity contribution in [3.63, 3.8) is 0 Å². The number of nitriles is 1. The summed E-state index contributed by atoms with van der Waals surface area (Å²) in [5, 5.41) is 31.6. The average Bonchev–Trinajstić information content (AvgIpc) is 2.55. The van der Waals surface area contributed by atoms with Gasteiger partial charge in [0.25, 0.3) is 0 Å². The molecule has 3 unspecified atom stereocenters. The zero-order valence-corrected chi connectivity index (χ0v) is 12.3. The third-order valence-corrected chi connectivity index (χ3v) is 4.47. The molecule has 4 heteroatoms. The van der Waals surface area contributed by atoms with E-state index in [0.717, 1.165) is 24.9 Å². The number of rotatable bonds is 6. The van der Waals surface area contributed by atoms with Crippen LogP contribution in [-0.2, 0) is 0 Å². The maximum atomic E-state index is 10.1. The average molecular weight is 288 g/mol. The van der Waals surface area contributed by atoms with Gasteiger partial charge in [-0.15, -0.1) is 0 Å². The highest BCUT2D eigenvalue weighted by atomic mass is 16.3. The standard InChI is InChI=1S/C17H24N2O2/c18-9-13-5-7-14(8-6-13)17(21)11-19-10-15-3-1-2-4-16(15)12-20/h5-8,15-17,19-21H,1-4,10-12H2. The number of nitrogens with zero attached hydrogens (tertiary/aromatic N) is 1. The topological polar surface area (TPSA) is 76.3 Å². The summed E-state index contributed by atoms with van der Waals surface area (Å²) in [6, 6.07) is 9.10. The molecule has 3 N–H and O–H groups in total. The zero-order chi connectivity index (χ0) is 15.1. The Hall–Kier alpha value is -1.41. The summed E-state index contributed by atoms with van der Waals surface area (Å²) in [6.45, 7) is 1.61. The van der Waals surface area contributed by atoms with Gasteiger partial charge in [0.15, 0.2) is 0 Å². The molecule has 1 aromatic carbocycles. The predicted molar refractivity (Wildman–Crippen MR) is 81.5 cm³/mol. The molecule has 4 nitrogen and oxygen atoms in total. The largest absolute Gasteiger partial charge is 0.396 e. The monoisotopic (exact) mass is 288 g/mol. The quantitative estimate of drug-likeness (QED) is 0.748. The molecule has 21 heavy (non-hydrogen) atoms. The Morgan fingerprint density at radius 2 is 1.86 bits per heavy atom. The van der Waals surface area contributed by atoms with Crippen molar-refractivity contribution in [2.24, 2.45) is 11.8 Å². The van der Waals surface area contributed by atoms with E-state index in [4.69, 9.17) is 5.26 Å². The lowest BCUT2D eigenvalue weighted by atomic mass is 9.79. The van der Waals surface area contributed by atoms with Gasteiger partial charge in [-0.05, 0) is 48.9 Å². The van der Waals surface area contributed by atoms with Crippen LogP contribution in [0.25, 0.3) is 0 Å². The second kappa shape index (κ2) is 8.14. The van der Waals surface area contributed by atoms with Crippen LogP contribution in [0.15, 0.2) is 24.3 Å². The van der Waals surface area contributed by atoms with Crippen molar-refractivity contribution in [3.05, 3.63) is 35.4 Å². The normalized spacial score (nSPS) is 23.5. The van der Waals surface area contributed by atoms with Crippen LogP contribution in [0.2, 0.25) is 0 Å². The second-order valence-electron chi connectivity index (χ2n) is 5.90. The molecule has 1 fully saturated rings. The summed E-state index contributed by atoms with van der Waals surface area (Å²) < 4.78 is 0. The third-order valence-electron chi connectivity index (χ3n) is 4.47. The van der Waals surface area contributed by atoms with Crippen molar-refractivity contribution in [2.45, 2.75) is 31.8 Å². The first-order valence-corrected chi connectivity index (χ1v) is 7.74. The van der Waals surface area contributed by atoms with Crippen LogP contribution < -0.4 is 5.32 Å². The number of aliphatic hydroxyl groups excluding tert-OH is 2. The van der Waals surface area contributed by atoms with Crippen molar-refractivity contribution < 1.29 is 10.2 Å². The first-order chi connectivity index (χ1) is 10.2. The predicted octanol–water partition coefficient (Wildman–Crippen LogP) is 1.98. The van der Waals surface area contributed by atoms with Gasteiger partial charge < -0.3 is 15.5 Å². The fourth-order valence-electron chi connectivity index (χ4n) is 3.10. The smallest absolute Gasteiger partial charge is 0.0991 e. The molecule has 0 aromatic heterocycles. The molecule has 2 rings (SSSR count). The van der Waals surface area contributed by atoms with Crippen LogP contribution in [0.1, 0.15) is 42.9 Å². The molecule has 1 aliphatic carbocycles. The van der Waals surface area contributed by atoms with Crippen LogP contribution in [0.3, 0.4) is 0 Å². The Bertz CT molecular complexity index is 467. The lowest BCUT2D eigenvalue weighted by molar-refractivity contribution is 0.125. The van der Waals surface area contributed by atoms with Crippen LogP contribution in [0, 0.1) is 23.2 Å². The summed E-state index contributed by atoms with van der Waals surface area (Å²) in [4.78, 5) is 0. The lowest BCUT2D eigenvalue weighted by Crippen LogP contribution is -2.34. The van der Waals surface area contributed by atoms with E-state index in [1.165, 1.54) is 12.8 Å². The Morgan fingerprint density at radius 1 is 1.19 bits per heavy atom. The Kier molecular flexibility index (Phi) is 6.19. The minimum atomic E-state index is -0.561. The molecule has 0 heterocycles. The molecule has 0 saturated heterocycles. The van der Waals surface area contributed by atoms with Crippen molar-refractivity contribution in [1.29, 1.82) is 5.26 Å². The van der Waals surface area contributed by atoms with Gasteiger partial charge in [0.05, 0.1) is 17.7 Å². The van der Waals surface area contributed by atoms with Crippen LogP contribution >= 0.6 is 0 Å². The van der Waals surface area contributed by atoms with Crippen LogP contribution in [-0.4, -0.2) is 29.9 Å². The van der Waals surface area contributed by atoms with Crippen molar-refractivity contribution >= 4 is 0 Å². The van der Waals surface area contributed by atoms with E-state index >= 15 is 0 Å². The van der Waals surface area contributed by atoms with Gasteiger partial charge in [0.1, 0.15) is 0 Å². The van der Waals surface area contributed by atoms with E-state index in [-0.39, 0.29) is 6.61 Å². The van der Waals surface area contributed by atoms with Gasteiger partial charge in [-0.25, -0.2) is 0 Å². The summed E-state index contributed by atoms with van der Waals surface area (Å²) >= 11 is 0. The highest BCUT2D eigenvalue weighted by Gasteiger charge is 2.24. The number of hydrogen-bond donors (Lipinski definition) is 3. The number of nitrogens with one attached hydrogen (secondary N) is 1. The number of benzene rings is 1.